The average molecular weight is 520 g/mol. The Morgan fingerprint density at radius 3 is 2.41 bits per heavy atom. The minimum Gasteiger partial charge on any atom is -0.444 e. The standard InChI is InChI=1S/C28H30ClN5O3/c1-19-16-21(11-10-20-8-6-5-7-9-20)17-30-25(19)32-26(35)24-23(29)18-31-34(24)22-12-14-33(15-13-22)27(36)37-28(2,3)4/h5-9,16-18,22H,12-15H2,1-4H3,(H,30,32,35). The first-order chi connectivity index (χ1) is 17.6. The topological polar surface area (TPSA) is 89.4 Å². The molecule has 9 heteroatoms. The molecule has 37 heavy (non-hydrogen) atoms. The van der Waals surface area contributed by atoms with Crippen LogP contribution < -0.4 is 5.32 Å². The minimum absolute atomic E-state index is 0.0726. The summed E-state index contributed by atoms with van der Waals surface area (Å²) in [4.78, 5) is 31.7. The lowest BCUT2D eigenvalue weighted by Crippen LogP contribution is -2.42. The maximum Gasteiger partial charge on any atom is 0.410 e. The van der Waals surface area contributed by atoms with Gasteiger partial charge in [0.25, 0.3) is 5.91 Å². The van der Waals surface area contributed by atoms with Crippen molar-refractivity contribution in [1.29, 1.82) is 0 Å². The molecule has 2 aromatic heterocycles. The van der Waals surface area contributed by atoms with E-state index in [4.69, 9.17) is 16.3 Å². The highest BCUT2D eigenvalue weighted by atomic mass is 35.5. The van der Waals surface area contributed by atoms with E-state index in [1.54, 1.807) is 15.8 Å². The number of benzene rings is 1. The third-order valence-corrected chi connectivity index (χ3v) is 6.14. The molecule has 1 N–H and O–H groups in total. The van der Waals surface area contributed by atoms with Gasteiger partial charge in [0, 0.05) is 30.4 Å². The second kappa shape index (κ2) is 11.1. The van der Waals surface area contributed by atoms with Crippen molar-refractivity contribution in [3.8, 4) is 11.8 Å². The van der Waals surface area contributed by atoms with Gasteiger partial charge in [-0.3, -0.25) is 9.48 Å². The maximum absolute atomic E-state index is 13.2. The zero-order valence-electron chi connectivity index (χ0n) is 21.4. The normalized spacial score (nSPS) is 14.0. The van der Waals surface area contributed by atoms with Crippen molar-refractivity contribution in [2.75, 3.05) is 18.4 Å². The third kappa shape index (κ3) is 6.69. The van der Waals surface area contributed by atoms with E-state index in [-0.39, 0.29) is 22.9 Å². The number of carbonyl (C=O) groups is 2. The SMILES string of the molecule is Cc1cc(C#Cc2ccccc2)cnc1NC(=O)c1c(Cl)cnn1C1CCN(C(=O)OC(C)(C)C)CC1. The fraction of sp³-hybridized carbons (Fsp3) is 0.357. The Hall–Kier alpha value is -3.83. The van der Waals surface area contributed by atoms with E-state index in [1.807, 2.05) is 64.1 Å². The monoisotopic (exact) mass is 519 g/mol. The van der Waals surface area contributed by atoms with Crippen molar-refractivity contribution in [3.05, 3.63) is 76.2 Å². The number of amides is 2. The van der Waals surface area contributed by atoms with Crippen LogP contribution >= 0.6 is 11.6 Å². The zero-order valence-corrected chi connectivity index (χ0v) is 22.2. The third-order valence-electron chi connectivity index (χ3n) is 5.86. The molecule has 8 nitrogen and oxygen atoms in total. The number of nitrogens with one attached hydrogen (secondary N) is 1. The molecular formula is C28H30ClN5O3. The molecule has 0 bridgehead atoms. The molecule has 1 aromatic carbocycles. The fourth-order valence-electron chi connectivity index (χ4n) is 4.06. The number of ether oxygens (including phenoxy) is 1. The number of anilines is 1. The van der Waals surface area contributed by atoms with Gasteiger partial charge in [-0.1, -0.05) is 41.6 Å². The number of nitrogens with zero attached hydrogens (tertiary/aromatic N) is 4. The molecule has 1 aliphatic heterocycles. The summed E-state index contributed by atoms with van der Waals surface area (Å²) in [6.45, 7) is 8.40. The predicted molar refractivity (Wildman–Crippen MR) is 143 cm³/mol. The molecule has 1 aliphatic rings. The zero-order chi connectivity index (χ0) is 26.6. The van der Waals surface area contributed by atoms with Crippen LogP contribution in [-0.2, 0) is 4.74 Å². The predicted octanol–water partition coefficient (Wildman–Crippen LogP) is 5.46. The average Bonchev–Trinajstić information content (AvgIpc) is 3.25. The van der Waals surface area contributed by atoms with Crippen LogP contribution in [0.2, 0.25) is 5.02 Å². The Morgan fingerprint density at radius 1 is 1.08 bits per heavy atom. The largest absolute Gasteiger partial charge is 0.444 e. The van der Waals surface area contributed by atoms with Crippen LogP contribution in [0.5, 0.6) is 0 Å². The fourth-order valence-corrected chi connectivity index (χ4v) is 4.27. The molecule has 192 valence electrons. The molecule has 0 aliphatic carbocycles. The van der Waals surface area contributed by atoms with Crippen LogP contribution in [-0.4, -0.2) is 50.4 Å². The molecule has 0 atom stereocenters. The summed E-state index contributed by atoms with van der Waals surface area (Å²) in [6.07, 6.45) is 4.02. The van der Waals surface area contributed by atoms with Crippen LogP contribution in [0.25, 0.3) is 0 Å². The number of aromatic nitrogens is 3. The van der Waals surface area contributed by atoms with E-state index in [2.05, 4.69) is 27.2 Å². The summed E-state index contributed by atoms with van der Waals surface area (Å²) in [6, 6.07) is 11.5. The second-order valence-corrected chi connectivity index (χ2v) is 10.4. The number of carbonyl (C=O) groups excluding carboxylic acids is 2. The first kappa shape index (κ1) is 26.2. The lowest BCUT2D eigenvalue weighted by Gasteiger charge is -2.33. The Morgan fingerprint density at radius 2 is 1.76 bits per heavy atom. The van der Waals surface area contributed by atoms with Crippen molar-refractivity contribution in [2.45, 2.75) is 52.2 Å². The van der Waals surface area contributed by atoms with Crippen LogP contribution in [0.4, 0.5) is 10.6 Å². The number of pyridine rings is 1. The maximum atomic E-state index is 13.2. The van der Waals surface area contributed by atoms with Gasteiger partial charge < -0.3 is 15.0 Å². The molecule has 1 fully saturated rings. The summed E-state index contributed by atoms with van der Waals surface area (Å²) in [7, 11) is 0. The minimum atomic E-state index is -0.548. The first-order valence-corrected chi connectivity index (χ1v) is 12.5. The van der Waals surface area contributed by atoms with Gasteiger partial charge in [0.15, 0.2) is 0 Å². The summed E-state index contributed by atoms with van der Waals surface area (Å²) in [5.41, 5.74) is 2.16. The Balaban J connectivity index is 1.43. The van der Waals surface area contributed by atoms with Crippen LogP contribution in [0.3, 0.4) is 0 Å². The van der Waals surface area contributed by atoms with Gasteiger partial charge in [0.1, 0.15) is 17.1 Å². The molecule has 4 rings (SSSR count). The highest BCUT2D eigenvalue weighted by Crippen LogP contribution is 2.28. The highest BCUT2D eigenvalue weighted by Gasteiger charge is 2.30. The number of halogens is 1. The second-order valence-electron chi connectivity index (χ2n) is 9.94. The molecule has 0 unspecified atom stereocenters. The number of hydrogen-bond acceptors (Lipinski definition) is 5. The van der Waals surface area contributed by atoms with Crippen LogP contribution in [0.15, 0.2) is 48.8 Å². The van der Waals surface area contributed by atoms with Gasteiger partial charge in [-0.05, 0) is 64.3 Å². The summed E-state index contributed by atoms with van der Waals surface area (Å²) in [5.74, 6) is 6.24. The van der Waals surface area contributed by atoms with Gasteiger partial charge in [0.2, 0.25) is 0 Å². The lowest BCUT2D eigenvalue weighted by molar-refractivity contribution is 0.0183. The number of piperidine rings is 1. The Bertz CT molecular complexity index is 1340. The van der Waals surface area contributed by atoms with Crippen LogP contribution in [0.1, 0.15) is 66.8 Å². The van der Waals surface area contributed by atoms with Gasteiger partial charge in [-0.25, -0.2) is 9.78 Å². The van der Waals surface area contributed by atoms with E-state index in [0.29, 0.717) is 31.7 Å². The molecule has 3 heterocycles. The van der Waals surface area contributed by atoms with E-state index in [9.17, 15) is 9.59 Å². The van der Waals surface area contributed by atoms with Gasteiger partial charge in [0.05, 0.1) is 17.3 Å². The van der Waals surface area contributed by atoms with Crippen LogP contribution in [0, 0.1) is 18.8 Å². The van der Waals surface area contributed by atoms with Gasteiger partial charge >= 0.3 is 6.09 Å². The summed E-state index contributed by atoms with van der Waals surface area (Å²) < 4.78 is 7.12. The first-order valence-electron chi connectivity index (χ1n) is 12.2. The number of likely N-dealkylation sites (tertiary alicyclic amines) is 1. The number of aryl methyl sites for hydroxylation is 1. The smallest absolute Gasteiger partial charge is 0.410 e. The van der Waals surface area contributed by atoms with Crippen molar-refractivity contribution >= 4 is 29.4 Å². The van der Waals surface area contributed by atoms with Gasteiger partial charge in [-0.2, -0.15) is 5.10 Å². The van der Waals surface area contributed by atoms with Crippen molar-refractivity contribution in [2.24, 2.45) is 0 Å². The Labute approximate surface area is 222 Å². The molecular weight excluding hydrogens is 490 g/mol. The van der Waals surface area contributed by atoms with E-state index in [1.165, 1.54) is 6.20 Å². The number of hydrogen-bond donors (Lipinski definition) is 1. The van der Waals surface area contributed by atoms with Gasteiger partial charge in [-0.15, -0.1) is 0 Å². The molecule has 1 saturated heterocycles. The van der Waals surface area contributed by atoms with Crippen molar-refractivity contribution in [3.63, 3.8) is 0 Å². The van der Waals surface area contributed by atoms with Crippen molar-refractivity contribution in [1.82, 2.24) is 19.7 Å². The summed E-state index contributed by atoms with van der Waals surface area (Å²) in [5, 5.41) is 7.49. The molecule has 2 amide bonds. The van der Waals surface area contributed by atoms with E-state index >= 15 is 0 Å². The lowest BCUT2D eigenvalue weighted by atomic mass is 10.1. The molecule has 3 aromatic rings. The van der Waals surface area contributed by atoms with Crippen molar-refractivity contribution < 1.29 is 14.3 Å². The highest BCUT2D eigenvalue weighted by molar-refractivity contribution is 6.34. The number of rotatable bonds is 3. The molecule has 0 saturated carbocycles. The Kier molecular flexibility index (Phi) is 7.84. The van der Waals surface area contributed by atoms with E-state index in [0.717, 1.165) is 16.7 Å². The molecule has 0 radical (unpaired) electrons. The summed E-state index contributed by atoms with van der Waals surface area (Å²) >= 11 is 6.37. The quantitative estimate of drug-likeness (QED) is 0.464. The van der Waals surface area contributed by atoms with E-state index < -0.39 is 11.5 Å². The molecule has 0 spiro atoms.